The van der Waals surface area contributed by atoms with Crippen LogP contribution in [0.1, 0.15) is 18.1 Å². The number of alkyl halides is 3. The quantitative estimate of drug-likeness (QED) is 0.543. The highest BCUT2D eigenvalue weighted by Gasteiger charge is 2.30. The Morgan fingerprint density at radius 2 is 1.74 bits per heavy atom. The molecule has 0 radical (unpaired) electrons. The van der Waals surface area contributed by atoms with Gasteiger partial charge in [0.05, 0.1) is 11.8 Å². The lowest BCUT2D eigenvalue weighted by molar-refractivity contribution is -0.137. The Morgan fingerprint density at radius 1 is 1.00 bits per heavy atom. The van der Waals surface area contributed by atoms with Crippen LogP contribution in [0.25, 0.3) is 0 Å². The second-order valence-corrected chi connectivity index (χ2v) is 6.18. The molecule has 0 amide bonds. The summed E-state index contributed by atoms with van der Waals surface area (Å²) in [6.07, 6.45) is -2.11. The highest BCUT2D eigenvalue weighted by atomic mass is 35.5. The minimum Gasteiger partial charge on any atom is -0.339 e. The van der Waals surface area contributed by atoms with Gasteiger partial charge in [0, 0.05) is 11.4 Å². The molecule has 0 aliphatic heterocycles. The van der Waals surface area contributed by atoms with E-state index in [1.807, 2.05) is 24.3 Å². The van der Waals surface area contributed by atoms with E-state index in [4.69, 9.17) is 11.6 Å². The van der Waals surface area contributed by atoms with Crippen LogP contribution in [0.5, 0.6) is 0 Å². The number of benzene rings is 2. The number of nitrogens with zero attached hydrogens (tertiary/aromatic N) is 2. The van der Waals surface area contributed by atoms with Crippen molar-refractivity contribution in [3.05, 3.63) is 70.9 Å². The molecule has 140 valence electrons. The van der Waals surface area contributed by atoms with E-state index in [1.54, 1.807) is 0 Å². The minimum atomic E-state index is -4.43. The highest BCUT2D eigenvalue weighted by Crippen LogP contribution is 2.32. The van der Waals surface area contributed by atoms with Gasteiger partial charge in [0.2, 0.25) is 5.95 Å². The number of nitrogens with one attached hydrogen (secondary N) is 2. The molecule has 27 heavy (non-hydrogen) atoms. The Morgan fingerprint density at radius 3 is 2.41 bits per heavy atom. The number of anilines is 4. The van der Waals surface area contributed by atoms with Crippen LogP contribution in [0.15, 0.2) is 54.7 Å². The zero-order valence-corrected chi connectivity index (χ0v) is 15.1. The summed E-state index contributed by atoms with van der Waals surface area (Å²) >= 11 is 6.08. The second kappa shape index (κ2) is 7.84. The Bertz CT molecular complexity index is 927. The summed E-state index contributed by atoms with van der Waals surface area (Å²) in [4.78, 5) is 8.35. The number of aryl methyl sites for hydroxylation is 1. The van der Waals surface area contributed by atoms with E-state index in [9.17, 15) is 13.2 Å². The molecule has 1 aromatic heterocycles. The molecular weight excluding hydrogens is 377 g/mol. The summed E-state index contributed by atoms with van der Waals surface area (Å²) in [7, 11) is 0. The van der Waals surface area contributed by atoms with Crippen LogP contribution >= 0.6 is 11.6 Å². The van der Waals surface area contributed by atoms with E-state index in [0.29, 0.717) is 0 Å². The first-order chi connectivity index (χ1) is 12.8. The first-order valence-corrected chi connectivity index (χ1v) is 8.55. The first-order valence-electron chi connectivity index (χ1n) is 8.18. The molecule has 8 heteroatoms. The van der Waals surface area contributed by atoms with Crippen molar-refractivity contribution in [1.29, 1.82) is 0 Å². The predicted molar refractivity (Wildman–Crippen MR) is 101 cm³/mol. The number of halogens is 4. The van der Waals surface area contributed by atoms with Crippen LogP contribution < -0.4 is 10.6 Å². The van der Waals surface area contributed by atoms with Crippen molar-refractivity contribution in [3.8, 4) is 0 Å². The molecule has 0 aliphatic carbocycles. The van der Waals surface area contributed by atoms with E-state index in [1.165, 1.54) is 23.9 Å². The summed E-state index contributed by atoms with van der Waals surface area (Å²) in [6.45, 7) is 2.07. The molecule has 0 aliphatic rings. The van der Waals surface area contributed by atoms with E-state index in [0.717, 1.165) is 24.2 Å². The van der Waals surface area contributed by atoms with Gasteiger partial charge in [0.25, 0.3) is 0 Å². The van der Waals surface area contributed by atoms with Crippen LogP contribution in [-0.4, -0.2) is 9.97 Å². The third-order valence-corrected chi connectivity index (χ3v) is 4.09. The zero-order valence-electron chi connectivity index (χ0n) is 14.3. The Hall–Kier alpha value is -2.80. The van der Waals surface area contributed by atoms with Crippen LogP contribution in [0.3, 0.4) is 0 Å². The van der Waals surface area contributed by atoms with Gasteiger partial charge in [-0.25, -0.2) is 4.98 Å². The van der Waals surface area contributed by atoms with Gasteiger partial charge in [0.1, 0.15) is 5.02 Å². The molecule has 2 aromatic carbocycles. The molecule has 2 N–H and O–H groups in total. The average Bonchev–Trinajstić information content (AvgIpc) is 2.65. The van der Waals surface area contributed by atoms with Crippen molar-refractivity contribution in [2.45, 2.75) is 19.5 Å². The Kier molecular flexibility index (Phi) is 5.51. The van der Waals surface area contributed by atoms with Gasteiger partial charge in [-0.1, -0.05) is 36.7 Å². The molecule has 0 spiro atoms. The van der Waals surface area contributed by atoms with E-state index in [2.05, 4.69) is 27.5 Å². The van der Waals surface area contributed by atoms with Crippen LogP contribution in [0.4, 0.5) is 36.3 Å². The van der Waals surface area contributed by atoms with Gasteiger partial charge >= 0.3 is 6.18 Å². The maximum atomic E-state index is 12.9. The molecule has 0 fully saturated rings. The third kappa shape index (κ3) is 4.89. The highest BCUT2D eigenvalue weighted by molar-refractivity contribution is 6.32. The lowest BCUT2D eigenvalue weighted by Crippen LogP contribution is -2.06. The van der Waals surface area contributed by atoms with Gasteiger partial charge in [-0.05, 0) is 42.3 Å². The van der Waals surface area contributed by atoms with Gasteiger partial charge in [-0.15, -0.1) is 0 Å². The number of hydrogen-bond acceptors (Lipinski definition) is 4. The molecule has 3 aromatic rings. The fourth-order valence-corrected chi connectivity index (χ4v) is 2.52. The molecule has 0 saturated heterocycles. The lowest BCUT2D eigenvalue weighted by Gasteiger charge is -2.12. The maximum absolute atomic E-state index is 12.9. The molecule has 0 unspecified atom stereocenters. The standard InChI is InChI=1S/C19H16ClF3N4/c1-2-12-6-8-14(9-7-12)26-18-24-11-16(20)17(27-18)25-15-5-3-4-13(10-15)19(21,22)23/h3-11H,2H2,1H3,(H2,24,25,26,27). The maximum Gasteiger partial charge on any atom is 0.416 e. The second-order valence-electron chi connectivity index (χ2n) is 5.77. The van der Waals surface area contributed by atoms with Crippen LogP contribution in [-0.2, 0) is 12.6 Å². The van der Waals surface area contributed by atoms with Crippen molar-refractivity contribution < 1.29 is 13.2 Å². The fourth-order valence-electron chi connectivity index (χ4n) is 2.38. The van der Waals surface area contributed by atoms with Crippen molar-refractivity contribution in [2.75, 3.05) is 10.6 Å². The molecule has 0 saturated carbocycles. The van der Waals surface area contributed by atoms with Crippen molar-refractivity contribution in [3.63, 3.8) is 0 Å². The van der Waals surface area contributed by atoms with Crippen molar-refractivity contribution >= 4 is 34.7 Å². The third-order valence-electron chi connectivity index (χ3n) is 3.82. The number of rotatable bonds is 5. The average molecular weight is 393 g/mol. The van der Waals surface area contributed by atoms with Gasteiger partial charge in [-0.2, -0.15) is 18.2 Å². The largest absolute Gasteiger partial charge is 0.416 e. The number of aromatic nitrogens is 2. The Labute approximate surface area is 159 Å². The summed E-state index contributed by atoms with van der Waals surface area (Å²) in [5.41, 5.74) is 1.46. The van der Waals surface area contributed by atoms with Gasteiger partial charge in [-0.3, -0.25) is 0 Å². The topological polar surface area (TPSA) is 49.8 Å². The van der Waals surface area contributed by atoms with Crippen LogP contribution in [0, 0.1) is 0 Å². The smallest absolute Gasteiger partial charge is 0.339 e. The van der Waals surface area contributed by atoms with E-state index in [-0.39, 0.29) is 22.5 Å². The van der Waals surface area contributed by atoms with Gasteiger partial charge in [0.15, 0.2) is 5.82 Å². The minimum absolute atomic E-state index is 0.194. The molecule has 3 rings (SSSR count). The van der Waals surface area contributed by atoms with Crippen molar-refractivity contribution in [1.82, 2.24) is 9.97 Å². The predicted octanol–water partition coefficient (Wildman–Crippen LogP) is 6.20. The summed E-state index contributed by atoms with van der Waals surface area (Å²) in [6, 6.07) is 12.6. The lowest BCUT2D eigenvalue weighted by atomic mass is 10.1. The summed E-state index contributed by atoms with van der Waals surface area (Å²) < 4.78 is 38.6. The normalized spacial score (nSPS) is 11.3. The molecule has 0 bridgehead atoms. The van der Waals surface area contributed by atoms with Gasteiger partial charge < -0.3 is 10.6 Å². The van der Waals surface area contributed by atoms with E-state index >= 15 is 0 Å². The van der Waals surface area contributed by atoms with E-state index < -0.39 is 11.7 Å². The SMILES string of the molecule is CCc1ccc(Nc2ncc(Cl)c(Nc3cccc(C(F)(F)F)c3)n2)cc1. The Balaban J connectivity index is 1.81. The summed E-state index contributed by atoms with van der Waals surface area (Å²) in [5.74, 6) is 0.483. The zero-order chi connectivity index (χ0) is 19.4. The summed E-state index contributed by atoms with van der Waals surface area (Å²) in [5, 5.41) is 6.04. The monoisotopic (exact) mass is 392 g/mol. The van der Waals surface area contributed by atoms with Crippen LogP contribution in [0.2, 0.25) is 5.02 Å². The fraction of sp³-hybridized carbons (Fsp3) is 0.158. The molecular formula is C19H16ClF3N4. The molecule has 4 nitrogen and oxygen atoms in total. The molecule has 1 heterocycles. The number of hydrogen-bond donors (Lipinski definition) is 2. The first kappa shape index (κ1) is 19.0. The van der Waals surface area contributed by atoms with Crippen molar-refractivity contribution in [2.24, 2.45) is 0 Å². The molecule has 0 atom stereocenters.